The van der Waals surface area contributed by atoms with Crippen molar-refractivity contribution in [2.75, 3.05) is 13.2 Å². The Morgan fingerprint density at radius 1 is 0.871 bits per heavy atom. The molecule has 0 saturated heterocycles. The van der Waals surface area contributed by atoms with Crippen molar-refractivity contribution in [2.45, 2.75) is 37.8 Å². The smallest absolute Gasteiger partial charge is 0.394 e. The molecule has 0 bridgehead atoms. The molecule has 0 aromatic heterocycles. The summed E-state index contributed by atoms with van der Waals surface area (Å²) in [5, 5.41) is 19.4. The second kappa shape index (κ2) is 9.94. The van der Waals surface area contributed by atoms with Gasteiger partial charge in [-0.15, -0.1) is 0 Å². The van der Waals surface area contributed by atoms with Crippen molar-refractivity contribution < 1.29 is 50.4 Å². The van der Waals surface area contributed by atoms with Crippen LogP contribution in [0.2, 0.25) is 0 Å². The number of ether oxygens (including phenoxy) is 2. The van der Waals surface area contributed by atoms with Gasteiger partial charge in [0.15, 0.2) is 6.29 Å². The summed E-state index contributed by atoms with van der Waals surface area (Å²) in [5.74, 6) is -0.596. The molecule has 2 aromatic carbocycles. The highest BCUT2D eigenvalue weighted by Crippen LogP contribution is 2.38. The van der Waals surface area contributed by atoms with Gasteiger partial charge < -0.3 is 19.7 Å². The molecule has 3 unspecified atom stereocenters. The van der Waals surface area contributed by atoms with E-state index in [0.29, 0.717) is 12.1 Å². The first-order chi connectivity index (χ1) is 14.3. The Balaban J connectivity index is 2.35. The van der Waals surface area contributed by atoms with Crippen molar-refractivity contribution in [1.82, 2.24) is 0 Å². The molecule has 2 aromatic rings. The van der Waals surface area contributed by atoms with Crippen molar-refractivity contribution in [3.8, 4) is 0 Å². The van der Waals surface area contributed by atoms with Crippen LogP contribution in [0.3, 0.4) is 0 Å². The number of benzene rings is 2. The largest absolute Gasteiger partial charge is 0.416 e. The molecule has 0 aliphatic rings. The molecule has 4 nitrogen and oxygen atoms in total. The summed E-state index contributed by atoms with van der Waals surface area (Å²) >= 11 is 0. The average molecular weight is 456 g/mol. The molecular formula is C20H19F7O4. The fourth-order valence-electron chi connectivity index (χ4n) is 2.68. The van der Waals surface area contributed by atoms with Crippen LogP contribution in [0.5, 0.6) is 0 Å². The maximum absolute atomic E-state index is 13.1. The highest BCUT2D eigenvalue weighted by Gasteiger charge is 2.37. The Morgan fingerprint density at radius 2 is 1.39 bits per heavy atom. The third-order valence-corrected chi connectivity index (χ3v) is 4.26. The maximum Gasteiger partial charge on any atom is 0.416 e. The highest BCUT2D eigenvalue weighted by molar-refractivity contribution is 5.34. The van der Waals surface area contributed by atoms with Crippen molar-refractivity contribution in [2.24, 2.45) is 0 Å². The zero-order valence-electron chi connectivity index (χ0n) is 16.0. The maximum atomic E-state index is 13.1. The zero-order valence-corrected chi connectivity index (χ0v) is 16.0. The van der Waals surface area contributed by atoms with E-state index >= 15 is 0 Å². The van der Waals surface area contributed by atoms with Gasteiger partial charge in [0.05, 0.1) is 30.4 Å². The average Bonchev–Trinajstić information content (AvgIpc) is 2.69. The second-order valence-electron chi connectivity index (χ2n) is 6.58. The van der Waals surface area contributed by atoms with Gasteiger partial charge in [0.2, 0.25) is 0 Å². The van der Waals surface area contributed by atoms with Crippen LogP contribution in [0.4, 0.5) is 30.7 Å². The summed E-state index contributed by atoms with van der Waals surface area (Å²) in [6.07, 6.45) is -14.6. The van der Waals surface area contributed by atoms with Crippen LogP contribution in [0.15, 0.2) is 42.5 Å². The molecule has 3 atom stereocenters. The molecule has 11 heteroatoms. The van der Waals surface area contributed by atoms with E-state index in [4.69, 9.17) is 14.6 Å². The minimum atomic E-state index is -5.03. The van der Waals surface area contributed by atoms with Crippen LogP contribution in [0.1, 0.15) is 41.4 Å². The van der Waals surface area contributed by atoms with Gasteiger partial charge in [-0.05, 0) is 48.4 Å². The molecule has 2 N–H and O–H groups in total. The SMILES string of the molecule is CC(OC(OCCO)C(O)c1ccc(F)cc1)c1cc(C(F)(F)F)cc(C(F)(F)F)c1. The van der Waals surface area contributed by atoms with Crippen LogP contribution in [0, 0.1) is 5.82 Å². The first-order valence-corrected chi connectivity index (χ1v) is 8.93. The van der Waals surface area contributed by atoms with E-state index in [0.717, 1.165) is 12.1 Å². The summed E-state index contributed by atoms with van der Waals surface area (Å²) in [7, 11) is 0. The van der Waals surface area contributed by atoms with Gasteiger partial charge in [-0.3, -0.25) is 0 Å². The molecule has 0 spiro atoms. The van der Waals surface area contributed by atoms with E-state index in [-0.39, 0.29) is 18.2 Å². The summed E-state index contributed by atoms with van der Waals surface area (Å²) in [6.45, 7) is 0.348. The molecule has 31 heavy (non-hydrogen) atoms. The number of aliphatic hydroxyl groups is 2. The van der Waals surface area contributed by atoms with Gasteiger partial charge >= 0.3 is 12.4 Å². The van der Waals surface area contributed by atoms with Crippen LogP contribution in [-0.2, 0) is 21.8 Å². The Labute approximate surface area is 172 Å². The molecule has 0 heterocycles. The van der Waals surface area contributed by atoms with Crippen molar-refractivity contribution in [1.29, 1.82) is 0 Å². The Kier molecular flexibility index (Phi) is 8.04. The molecule has 0 fully saturated rings. The molecule has 0 radical (unpaired) electrons. The number of hydrogen-bond acceptors (Lipinski definition) is 4. The number of hydrogen-bond donors (Lipinski definition) is 2. The number of aliphatic hydroxyl groups excluding tert-OH is 2. The summed E-state index contributed by atoms with van der Waals surface area (Å²) in [6, 6.07) is 5.48. The van der Waals surface area contributed by atoms with Crippen molar-refractivity contribution in [3.63, 3.8) is 0 Å². The first-order valence-electron chi connectivity index (χ1n) is 8.93. The van der Waals surface area contributed by atoms with Crippen molar-refractivity contribution >= 4 is 0 Å². The van der Waals surface area contributed by atoms with E-state index in [2.05, 4.69) is 0 Å². The van der Waals surface area contributed by atoms with Crippen LogP contribution < -0.4 is 0 Å². The molecule has 2 rings (SSSR count). The summed E-state index contributed by atoms with van der Waals surface area (Å²) < 4.78 is 102. The summed E-state index contributed by atoms with van der Waals surface area (Å²) in [5.41, 5.74) is -3.36. The molecule has 0 aliphatic heterocycles. The van der Waals surface area contributed by atoms with E-state index in [1.54, 1.807) is 0 Å². The lowest BCUT2D eigenvalue weighted by Crippen LogP contribution is -2.28. The third kappa shape index (κ3) is 6.89. The predicted molar refractivity (Wildman–Crippen MR) is 94.1 cm³/mol. The lowest BCUT2D eigenvalue weighted by molar-refractivity contribution is -0.219. The Hall–Kier alpha value is -2.21. The van der Waals surface area contributed by atoms with E-state index < -0.39 is 60.0 Å². The summed E-state index contributed by atoms with van der Waals surface area (Å²) in [4.78, 5) is 0. The van der Waals surface area contributed by atoms with Gasteiger partial charge in [-0.2, -0.15) is 26.3 Å². The predicted octanol–water partition coefficient (Wildman–Crippen LogP) is 5.01. The van der Waals surface area contributed by atoms with E-state index in [1.807, 2.05) is 0 Å². The minimum absolute atomic E-state index is 0.0106. The zero-order chi connectivity index (χ0) is 23.4. The van der Waals surface area contributed by atoms with Crippen LogP contribution >= 0.6 is 0 Å². The molecular weight excluding hydrogens is 437 g/mol. The monoisotopic (exact) mass is 456 g/mol. The van der Waals surface area contributed by atoms with Gasteiger partial charge in [-0.25, -0.2) is 4.39 Å². The van der Waals surface area contributed by atoms with Gasteiger partial charge in [0, 0.05) is 0 Å². The van der Waals surface area contributed by atoms with E-state index in [1.165, 1.54) is 19.1 Å². The molecule has 0 saturated carbocycles. The normalized spacial score (nSPS) is 15.5. The third-order valence-electron chi connectivity index (χ3n) is 4.26. The Bertz CT molecular complexity index is 818. The standard InChI is InChI=1S/C20H19F7O4/c1-11(13-8-14(19(22,23)24)10-15(9-13)20(25,26)27)31-18(30-7-6-28)17(29)12-2-4-16(21)5-3-12/h2-5,8-11,17-18,28-29H,6-7H2,1H3. The first kappa shape index (κ1) is 25.1. The van der Waals surface area contributed by atoms with Crippen molar-refractivity contribution in [3.05, 3.63) is 70.5 Å². The van der Waals surface area contributed by atoms with Gasteiger partial charge in [0.1, 0.15) is 11.9 Å². The number of alkyl halides is 6. The lowest BCUT2D eigenvalue weighted by atomic mass is 10.0. The topological polar surface area (TPSA) is 58.9 Å². The van der Waals surface area contributed by atoms with Crippen LogP contribution in [0.25, 0.3) is 0 Å². The van der Waals surface area contributed by atoms with Gasteiger partial charge in [-0.1, -0.05) is 12.1 Å². The van der Waals surface area contributed by atoms with E-state index in [9.17, 15) is 35.8 Å². The number of halogens is 7. The number of rotatable bonds is 8. The Morgan fingerprint density at radius 3 is 1.84 bits per heavy atom. The lowest BCUT2D eigenvalue weighted by Gasteiger charge is -2.27. The minimum Gasteiger partial charge on any atom is -0.394 e. The molecule has 0 amide bonds. The van der Waals surface area contributed by atoms with Crippen LogP contribution in [-0.4, -0.2) is 29.7 Å². The highest BCUT2D eigenvalue weighted by atomic mass is 19.4. The molecule has 0 aliphatic carbocycles. The van der Waals surface area contributed by atoms with Gasteiger partial charge in [0.25, 0.3) is 0 Å². The quantitative estimate of drug-likeness (QED) is 0.433. The fourth-order valence-corrected chi connectivity index (χ4v) is 2.68. The molecule has 172 valence electrons. The fraction of sp³-hybridized carbons (Fsp3) is 0.400. The second-order valence-corrected chi connectivity index (χ2v) is 6.58.